The minimum absolute atomic E-state index is 0.00143. The average Bonchev–Trinajstić information content (AvgIpc) is 3.87. The molecule has 0 saturated carbocycles. The van der Waals surface area contributed by atoms with Crippen molar-refractivity contribution in [2.24, 2.45) is 23.7 Å². The maximum atomic E-state index is 13.6. The van der Waals surface area contributed by atoms with Crippen LogP contribution < -0.4 is 16.0 Å². The Balaban J connectivity index is 1.53. The average molecular weight is 692 g/mol. The molecule has 4 aromatic rings. The van der Waals surface area contributed by atoms with Crippen LogP contribution in [-0.4, -0.2) is 43.4 Å². The molecule has 3 N–H and O–H groups in total. The molecular weight excluding hydrogens is 646 g/mol. The smallest absolute Gasteiger partial charge is 0.273 e. The van der Waals surface area contributed by atoms with Crippen LogP contribution in [0.2, 0.25) is 0 Å². The second-order valence-electron chi connectivity index (χ2n) is 14.3. The van der Waals surface area contributed by atoms with Crippen LogP contribution in [0.15, 0.2) is 42.7 Å². The van der Waals surface area contributed by atoms with Crippen molar-refractivity contribution in [3.63, 3.8) is 0 Å². The van der Waals surface area contributed by atoms with Gasteiger partial charge >= 0.3 is 0 Å². The highest BCUT2D eigenvalue weighted by Crippen LogP contribution is 2.30. The van der Waals surface area contributed by atoms with E-state index in [9.17, 15) is 19.2 Å². The molecule has 4 unspecified atom stereocenters. The van der Waals surface area contributed by atoms with Crippen LogP contribution in [0.4, 0.5) is 0 Å². The molecule has 15 heteroatoms. The van der Waals surface area contributed by atoms with Gasteiger partial charge in [0.15, 0.2) is 28.8 Å². The van der Waals surface area contributed by atoms with Gasteiger partial charge in [0.25, 0.3) is 17.7 Å². The molecule has 1 aliphatic heterocycles. The Kier molecular flexibility index (Phi) is 11.0. The summed E-state index contributed by atoms with van der Waals surface area (Å²) >= 11 is 0. The molecule has 0 aliphatic carbocycles. The van der Waals surface area contributed by atoms with Gasteiger partial charge in [-0.3, -0.25) is 19.2 Å². The Morgan fingerprint density at radius 1 is 0.560 bits per heavy atom. The first-order valence-electron chi connectivity index (χ1n) is 17.0. The summed E-state index contributed by atoms with van der Waals surface area (Å²) in [6, 6.07) is -2.11. The number of oxazole rings is 4. The molecule has 5 rings (SSSR count). The van der Waals surface area contributed by atoms with Crippen LogP contribution in [0.3, 0.4) is 0 Å². The fourth-order valence-electron chi connectivity index (χ4n) is 5.78. The highest BCUT2D eigenvalue weighted by molar-refractivity contribution is 5.95. The van der Waals surface area contributed by atoms with Gasteiger partial charge in [-0.05, 0) is 36.5 Å². The summed E-state index contributed by atoms with van der Waals surface area (Å²) in [6.07, 6.45) is 5.98. The highest BCUT2D eigenvalue weighted by Gasteiger charge is 2.32. The van der Waals surface area contributed by atoms with Gasteiger partial charge < -0.3 is 33.6 Å². The number of carbonyl (C=O) groups is 4. The summed E-state index contributed by atoms with van der Waals surface area (Å²) in [4.78, 5) is 71.5. The van der Waals surface area contributed by atoms with E-state index in [4.69, 9.17) is 17.7 Å². The maximum absolute atomic E-state index is 13.6. The van der Waals surface area contributed by atoms with Crippen molar-refractivity contribution in [3.8, 4) is 0 Å². The number of amides is 3. The molecule has 0 fully saturated rings. The quantitative estimate of drug-likeness (QED) is 0.209. The summed E-state index contributed by atoms with van der Waals surface area (Å²) in [5.74, 6) is -1.81. The van der Waals surface area contributed by atoms with Gasteiger partial charge in [0.05, 0.1) is 0 Å². The highest BCUT2D eigenvalue weighted by atomic mass is 16.4. The van der Waals surface area contributed by atoms with Gasteiger partial charge in [0.1, 0.15) is 48.9 Å². The third-order valence-electron chi connectivity index (χ3n) is 8.36. The number of hydrogen-bond acceptors (Lipinski definition) is 12. The summed E-state index contributed by atoms with van der Waals surface area (Å²) in [6.45, 7) is 15.5. The number of Topliss-reactive ketones (excluding diaryl/α,β-unsaturated/α-hetero) is 1. The standard InChI is InChI=1S/C35H45N7O8/c1-16(2)9-20-11-26(43)22-12-48-33(37-22)21(10-17(3)4)36-29(44)23-14-49-34(39-23)27(18(5)6)42-31(46)25-15-50-35(40-25)28(19(7)8)41-30(45)24-13-47-32(20)38-24/h12-21,27-28H,9-11H2,1-8H3,(H,36,44)(H,41,45)(H,42,46). The van der Waals surface area contributed by atoms with Crippen LogP contribution in [0.5, 0.6) is 0 Å². The van der Waals surface area contributed by atoms with Crippen LogP contribution >= 0.6 is 0 Å². The van der Waals surface area contributed by atoms with Crippen LogP contribution in [0.1, 0.15) is 164 Å². The number of ketones is 1. The van der Waals surface area contributed by atoms with E-state index in [0.29, 0.717) is 12.8 Å². The van der Waals surface area contributed by atoms with E-state index < -0.39 is 41.8 Å². The number of nitrogens with zero attached hydrogens (tertiary/aromatic N) is 4. The third kappa shape index (κ3) is 8.37. The van der Waals surface area contributed by atoms with Gasteiger partial charge in [0, 0.05) is 12.3 Å². The van der Waals surface area contributed by atoms with Crippen molar-refractivity contribution in [1.29, 1.82) is 0 Å². The Labute approximate surface area is 289 Å². The first-order chi connectivity index (χ1) is 23.7. The molecule has 15 nitrogen and oxygen atoms in total. The van der Waals surface area contributed by atoms with Gasteiger partial charge in [-0.1, -0.05) is 55.4 Å². The summed E-state index contributed by atoms with van der Waals surface area (Å²) < 4.78 is 22.9. The molecule has 1 aliphatic rings. The molecule has 0 spiro atoms. The number of hydrogen-bond donors (Lipinski definition) is 3. The topological polar surface area (TPSA) is 208 Å². The van der Waals surface area contributed by atoms with Gasteiger partial charge in [-0.15, -0.1) is 0 Å². The van der Waals surface area contributed by atoms with E-state index >= 15 is 0 Å². The molecule has 8 bridgehead atoms. The molecule has 50 heavy (non-hydrogen) atoms. The Hall–Kier alpha value is -5.08. The first kappa shape index (κ1) is 36.2. The fourth-order valence-corrected chi connectivity index (χ4v) is 5.78. The lowest BCUT2D eigenvalue weighted by molar-refractivity contribution is 0.0906. The van der Waals surface area contributed by atoms with Crippen molar-refractivity contribution in [1.82, 2.24) is 35.9 Å². The van der Waals surface area contributed by atoms with Gasteiger partial charge in [-0.25, -0.2) is 19.9 Å². The van der Waals surface area contributed by atoms with E-state index in [1.165, 1.54) is 25.1 Å². The van der Waals surface area contributed by atoms with Gasteiger partial charge in [-0.2, -0.15) is 0 Å². The zero-order chi connectivity index (χ0) is 36.3. The summed E-state index contributed by atoms with van der Waals surface area (Å²) in [5.41, 5.74) is 0.0929. The SMILES string of the molecule is CC(C)CC1CC(=O)c2coc(n2)C(CC(C)C)NC(=O)c2coc(n2)C(C(C)C)NC(=O)c2coc(n2)C(C(C)C)NC(=O)c2coc1n2. The Morgan fingerprint density at radius 3 is 1.44 bits per heavy atom. The van der Waals surface area contributed by atoms with Crippen molar-refractivity contribution in [2.75, 3.05) is 0 Å². The molecule has 5 heterocycles. The predicted octanol–water partition coefficient (Wildman–Crippen LogP) is 6.13. The lowest BCUT2D eigenvalue weighted by Crippen LogP contribution is -2.33. The largest absolute Gasteiger partial charge is 0.448 e. The van der Waals surface area contributed by atoms with E-state index in [-0.39, 0.29) is 82.2 Å². The molecular formula is C35H45N7O8. The van der Waals surface area contributed by atoms with Crippen LogP contribution in [0, 0.1) is 23.7 Å². The molecule has 268 valence electrons. The summed E-state index contributed by atoms with van der Waals surface area (Å²) in [5, 5.41) is 8.66. The molecule has 0 radical (unpaired) electrons. The van der Waals surface area contributed by atoms with Crippen molar-refractivity contribution in [2.45, 2.75) is 98.7 Å². The minimum Gasteiger partial charge on any atom is -0.448 e. The zero-order valence-electron chi connectivity index (χ0n) is 29.6. The first-order valence-corrected chi connectivity index (χ1v) is 17.0. The number of aromatic nitrogens is 4. The molecule has 4 atom stereocenters. The van der Waals surface area contributed by atoms with E-state index in [1.54, 1.807) is 0 Å². The number of fused-ring (bicyclic) bond motifs is 8. The van der Waals surface area contributed by atoms with E-state index in [1.807, 2.05) is 55.4 Å². The lowest BCUT2D eigenvalue weighted by Gasteiger charge is -2.19. The number of nitrogens with one attached hydrogen (secondary N) is 3. The minimum atomic E-state index is -0.719. The van der Waals surface area contributed by atoms with Crippen LogP contribution in [0.25, 0.3) is 0 Å². The second kappa shape index (κ2) is 15.2. The van der Waals surface area contributed by atoms with Crippen molar-refractivity contribution in [3.05, 3.63) is 71.4 Å². The second-order valence-corrected chi connectivity index (χ2v) is 14.3. The zero-order valence-corrected chi connectivity index (χ0v) is 29.6. The van der Waals surface area contributed by atoms with Crippen LogP contribution in [-0.2, 0) is 0 Å². The molecule has 4 aromatic heterocycles. The van der Waals surface area contributed by atoms with Gasteiger partial charge in [0.2, 0.25) is 17.7 Å². The Morgan fingerprint density at radius 2 is 0.960 bits per heavy atom. The fraction of sp³-hybridized carbons (Fsp3) is 0.543. The molecule has 3 amide bonds. The lowest BCUT2D eigenvalue weighted by atomic mass is 9.91. The number of rotatable bonds is 6. The predicted molar refractivity (Wildman–Crippen MR) is 177 cm³/mol. The van der Waals surface area contributed by atoms with Crippen molar-refractivity contribution >= 4 is 23.5 Å². The van der Waals surface area contributed by atoms with Crippen molar-refractivity contribution < 1.29 is 36.8 Å². The summed E-state index contributed by atoms with van der Waals surface area (Å²) in [7, 11) is 0. The normalized spacial score (nSPS) is 21.0. The molecule has 0 aromatic carbocycles. The third-order valence-corrected chi connectivity index (χ3v) is 8.36. The number of carbonyl (C=O) groups excluding carboxylic acids is 4. The maximum Gasteiger partial charge on any atom is 0.273 e. The monoisotopic (exact) mass is 691 g/mol. The van der Waals surface area contributed by atoms with E-state index in [0.717, 1.165) is 0 Å². The Bertz CT molecular complexity index is 1800. The van der Waals surface area contributed by atoms with E-state index in [2.05, 4.69) is 35.9 Å². The molecule has 0 saturated heterocycles.